The zero-order chi connectivity index (χ0) is 23.5. The van der Waals surface area contributed by atoms with E-state index in [1.807, 2.05) is 30.6 Å². The summed E-state index contributed by atoms with van der Waals surface area (Å²) in [6.45, 7) is 3.39. The van der Waals surface area contributed by atoms with E-state index in [9.17, 15) is 0 Å². The number of anilines is 1. The molecule has 8 nitrogen and oxygen atoms in total. The van der Waals surface area contributed by atoms with Gasteiger partial charge in [0, 0.05) is 48.5 Å². The number of thiazole rings is 1. The molecular formula is C24H25N7OS2. The predicted octanol–water partition coefficient (Wildman–Crippen LogP) is 4.14. The maximum absolute atomic E-state index is 5.84. The number of aromatic amines is 1. The van der Waals surface area contributed by atoms with Crippen molar-refractivity contribution in [3.05, 3.63) is 54.4 Å². The molecule has 174 valence electrons. The lowest BCUT2D eigenvalue weighted by Crippen LogP contribution is -2.37. The number of hydrogen-bond acceptors (Lipinski definition) is 9. The van der Waals surface area contributed by atoms with Gasteiger partial charge in [-0.3, -0.25) is 0 Å². The monoisotopic (exact) mass is 491 g/mol. The first-order valence-corrected chi connectivity index (χ1v) is 12.7. The van der Waals surface area contributed by atoms with E-state index in [0.717, 1.165) is 62.0 Å². The first kappa shape index (κ1) is 22.7. The molecule has 5 heterocycles. The SMILES string of the molecule is CS.NCc1cccc(-c2nc3c(N4CCOCC4)nc(-c4cnc5[nH]ccc5c4)nc3s2)c1. The minimum absolute atomic E-state index is 0.496. The Morgan fingerprint density at radius 3 is 2.76 bits per heavy atom. The molecule has 1 saturated heterocycles. The Hall–Kier alpha value is -3.05. The molecule has 0 saturated carbocycles. The second kappa shape index (κ2) is 10.1. The summed E-state index contributed by atoms with van der Waals surface area (Å²) in [6.07, 6.45) is 5.39. The zero-order valence-electron chi connectivity index (χ0n) is 18.7. The second-order valence-corrected chi connectivity index (χ2v) is 8.66. The van der Waals surface area contributed by atoms with Crippen molar-refractivity contribution >= 4 is 51.2 Å². The van der Waals surface area contributed by atoms with E-state index in [-0.39, 0.29) is 0 Å². The van der Waals surface area contributed by atoms with Gasteiger partial charge in [0.05, 0.1) is 13.2 Å². The van der Waals surface area contributed by atoms with Crippen LogP contribution in [0.5, 0.6) is 0 Å². The molecule has 1 fully saturated rings. The van der Waals surface area contributed by atoms with Crippen LogP contribution in [0.1, 0.15) is 5.56 Å². The Kier molecular flexibility index (Phi) is 6.73. The average Bonchev–Trinajstić information content (AvgIpc) is 3.56. The lowest BCUT2D eigenvalue weighted by Gasteiger charge is -2.28. The van der Waals surface area contributed by atoms with Crippen molar-refractivity contribution in [1.29, 1.82) is 0 Å². The Bertz CT molecular complexity index is 1430. The third-order valence-corrected chi connectivity index (χ3v) is 6.62. The van der Waals surface area contributed by atoms with Gasteiger partial charge in [0.25, 0.3) is 0 Å². The third kappa shape index (κ3) is 4.37. The van der Waals surface area contributed by atoms with Gasteiger partial charge in [0.1, 0.15) is 21.0 Å². The van der Waals surface area contributed by atoms with Gasteiger partial charge in [-0.1, -0.05) is 29.5 Å². The maximum atomic E-state index is 5.84. The van der Waals surface area contributed by atoms with E-state index in [1.165, 1.54) is 0 Å². The van der Waals surface area contributed by atoms with E-state index < -0.39 is 0 Å². The van der Waals surface area contributed by atoms with Crippen molar-refractivity contribution in [3.63, 3.8) is 0 Å². The van der Waals surface area contributed by atoms with Crippen LogP contribution in [0, 0.1) is 0 Å². The first-order chi connectivity index (χ1) is 16.8. The van der Waals surface area contributed by atoms with E-state index in [0.29, 0.717) is 25.6 Å². The summed E-state index contributed by atoms with van der Waals surface area (Å²) in [7, 11) is 0. The largest absolute Gasteiger partial charge is 0.378 e. The summed E-state index contributed by atoms with van der Waals surface area (Å²) < 4.78 is 5.56. The average molecular weight is 492 g/mol. The van der Waals surface area contributed by atoms with Gasteiger partial charge in [-0.25, -0.2) is 19.9 Å². The van der Waals surface area contributed by atoms with Gasteiger partial charge in [-0.2, -0.15) is 12.6 Å². The third-order valence-electron chi connectivity index (χ3n) is 5.62. The summed E-state index contributed by atoms with van der Waals surface area (Å²) in [5.41, 5.74) is 10.5. The number of nitrogens with zero attached hydrogens (tertiary/aromatic N) is 5. The molecule has 4 aromatic heterocycles. The summed E-state index contributed by atoms with van der Waals surface area (Å²) in [6, 6.07) is 12.3. The fourth-order valence-corrected chi connectivity index (χ4v) is 4.88. The fraction of sp³-hybridized carbons (Fsp3) is 0.250. The number of nitrogens with two attached hydrogens (primary N) is 1. The summed E-state index contributed by atoms with van der Waals surface area (Å²) in [4.78, 5) is 25.6. The molecule has 10 heteroatoms. The van der Waals surface area contributed by atoms with Crippen LogP contribution in [0.2, 0.25) is 0 Å². The standard InChI is InChI=1S/C23H21N7OS.CH4S/c24-12-14-2-1-3-16(10-14)22-27-18-21(30-6-8-31-9-7-30)28-20(29-23(18)32-22)17-11-15-4-5-25-19(15)26-13-17;1-2/h1-5,10-11,13H,6-9,12,24H2,(H,25,26);2H,1H3. The molecule has 0 amide bonds. The van der Waals surface area contributed by atoms with Crippen molar-refractivity contribution in [3.8, 4) is 22.0 Å². The molecule has 1 aliphatic heterocycles. The molecule has 0 bridgehead atoms. The lowest BCUT2D eigenvalue weighted by molar-refractivity contribution is 0.122. The molecule has 0 atom stereocenters. The second-order valence-electron chi connectivity index (χ2n) is 7.69. The number of nitrogens with one attached hydrogen (secondary N) is 1. The van der Waals surface area contributed by atoms with Gasteiger partial charge in [0.2, 0.25) is 0 Å². The summed E-state index contributed by atoms with van der Waals surface area (Å²) >= 11 is 5.10. The summed E-state index contributed by atoms with van der Waals surface area (Å²) in [5, 5.41) is 1.94. The molecule has 5 aromatic rings. The number of H-pyrrole nitrogens is 1. The number of ether oxygens (including phenoxy) is 1. The molecule has 6 rings (SSSR count). The molecule has 0 unspecified atom stereocenters. The van der Waals surface area contributed by atoms with E-state index in [4.69, 9.17) is 25.4 Å². The van der Waals surface area contributed by atoms with Crippen LogP contribution < -0.4 is 10.6 Å². The highest BCUT2D eigenvalue weighted by atomic mass is 32.1. The minimum atomic E-state index is 0.496. The molecule has 1 aliphatic rings. The lowest BCUT2D eigenvalue weighted by atomic mass is 10.1. The number of thiol groups is 1. The number of fused-ring (bicyclic) bond motifs is 2. The van der Waals surface area contributed by atoms with Crippen LogP contribution in [-0.2, 0) is 11.3 Å². The van der Waals surface area contributed by atoms with Crippen LogP contribution in [0.25, 0.3) is 43.3 Å². The number of hydrogen-bond donors (Lipinski definition) is 3. The Balaban J connectivity index is 0.00000117. The Labute approximate surface area is 206 Å². The van der Waals surface area contributed by atoms with E-state index in [1.54, 1.807) is 17.6 Å². The van der Waals surface area contributed by atoms with Crippen LogP contribution in [0.4, 0.5) is 5.82 Å². The van der Waals surface area contributed by atoms with Crippen molar-refractivity contribution in [2.45, 2.75) is 6.54 Å². The molecule has 3 N–H and O–H groups in total. The van der Waals surface area contributed by atoms with Crippen molar-refractivity contribution in [1.82, 2.24) is 24.9 Å². The normalized spacial score (nSPS) is 13.8. The highest BCUT2D eigenvalue weighted by Crippen LogP contribution is 2.35. The fourth-order valence-electron chi connectivity index (χ4n) is 3.95. The van der Waals surface area contributed by atoms with Crippen molar-refractivity contribution < 1.29 is 4.74 Å². The molecule has 34 heavy (non-hydrogen) atoms. The van der Waals surface area contributed by atoms with Gasteiger partial charge in [-0.15, -0.1) is 0 Å². The topological polar surface area (TPSA) is 106 Å². The molecule has 0 radical (unpaired) electrons. The van der Waals surface area contributed by atoms with Crippen molar-refractivity contribution in [2.75, 3.05) is 37.5 Å². The molecule has 0 spiro atoms. The predicted molar refractivity (Wildman–Crippen MR) is 142 cm³/mol. The number of morpholine rings is 1. The van der Waals surface area contributed by atoms with Crippen LogP contribution in [0.15, 0.2) is 48.8 Å². The van der Waals surface area contributed by atoms with E-state index in [2.05, 4.69) is 45.7 Å². The highest BCUT2D eigenvalue weighted by Gasteiger charge is 2.22. The van der Waals surface area contributed by atoms with Gasteiger partial charge >= 0.3 is 0 Å². The van der Waals surface area contributed by atoms with Gasteiger partial charge in [-0.05, 0) is 30.0 Å². The van der Waals surface area contributed by atoms with Gasteiger partial charge < -0.3 is 20.4 Å². The molecular weight excluding hydrogens is 466 g/mol. The van der Waals surface area contributed by atoms with Crippen LogP contribution in [-0.4, -0.2) is 57.5 Å². The maximum Gasteiger partial charge on any atom is 0.164 e. The highest BCUT2D eigenvalue weighted by molar-refractivity contribution is 7.79. The quantitative estimate of drug-likeness (QED) is 0.325. The Morgan fingerprint density at radius 2 is 1.94 bits per heavy atom. The Morgan fingerprint density at radius 1 is 1.09 bits per heavy atom. The van der Waals surface area contributed by atoms with Gasteiger partial charge in [0.15, 0.2) is 11.6 Å². The molecule has 1 aromatic carbocycles. The zero-order valence-corrected chi connectivity index (χ0v) is 20.4. The first-order valence-electron chi connectivity index (χ1n) is 11.0. The number of aromatic nitrogens is 5. The number of pyridine rings is 1. The van der Waals surface area contributed by atoms with E-state index >= 15 is 0 Å². The molecule has 0 aliphatic carbocycles. The van der Waals surface area contributed by atoms with Crippen LogP contribution >= 0.6 is 24.0 Å². The van der Waals surface area contributed by atoms with Crippen LogP contribution in [0.3, 0.4) is 0 Å². The summed E-state index contributed by atoms with van der Waals surface area (Å²) in [5.74, 6) is 1.50. The number of benzene rings is 1. The number of rotatable bonds is 4. The minimum Gasteiger partial charge on any atom is -0.378 e. The smallest absolute Gasteiger partial charge is 0.164 e. The van der Waals surface area contributed by atoms with Crippen molar-refractivity contribution in [2.24, 2.45) is 5.73 Å².